The summed E-state index contributed by atoms with van der Waals surface area (Å²) in [6, 6.07) is 15.3. The highest BCUT2D eigenvalue weighted by Gasteiger charge is 2.22. The molecule has 0 amide bonds. The Morgan fingerprint density at radius 3 is 2.25 bits per heavy atom. The maximum Gasteiger partial charge on any atom is 0.0494 e. The lowest BCUT2D eigenvalue weighted by Gasteiger charge is -2.27. The van der Waals surface area contributed by atoms with Crippen LogP contribution in [0.4, 0.5) is 0 Å². The summed E-state index contributed by atoms with van der Waals surface area (Å²) in [5.74, 6) is 6.51. The highest BCUT2D eigenvalue weighted by Crippen LogP contribution is 2.33. The summed E-state index contributed by atoms with van der Waals surface area (Å²) in [4.78, 5) is 0. The van der Waals surface area contributed by atoms with E-state index in [1.54, 1.807) is 0 Å². The fraction of sp³-hybridized carbons (Fsp3) is 0.444. The number of hydrogen-bond donors (Lipinski definition) is 2. The van der Waals surface area contributed by atoms with Crippen LogP contribution in [0.15, 0.2) is 42.5 Å². The second-order valence-electron chi connectivity index (χ2n) is 5.55. The summed E-state index contributed by atoms with van der Waals surface area (Å²) >= 11 is 0. The number of benzene rings is 2. The molecule has 0 saturated carbocycles. The van der Waals surface area contributed by atoms with Gasteiger partial charge < -0.3 is 0 Å². The number of nitrogens with one attached hydrogen (secondary N) is 1. The molecule has 0 aliphatic carbocycles. The van der Waals surface area contributed by atoms with Crippen LogP contribution in [-0.4, -0.2) is 0 Å². The van der Waals surface area contributed by atoms with Crippen LogP contribution in [0.5, 0.6) is 0 Å². The quantitative estimate of drug-likeness (QED) is 0.571. The van der Waals surface area contributed by atoms with E-state index >= 15 is 0 Å². The molecule has 0 aromatic heterocycles. The topological polar surface area (TPSA) is 38.0 Å². The fourth-order valence-corrected chi connectivity index (χ4v) is 3.22. The second kappa shape index (κ2) is 7.41. The van der Waals surface area contributed by atoms with Gasteiger partial charge in [-0.1, -0.05) is 69.2 Å². The van der Waals surface area contributed by atoms with Gasteiger partial charge in [0, 0.05) is 6.04 Å². The molecule has 0 aliphatic heterocycles. The molecule has 0 fully saturated rings. The third-order valence-corrected chi connectivity index (χ3v) is 4.13. The molecule has 2 aromatic carbocycles. The van der Waals surface area contributed by atoms with E-state index in [0.717, 1.165) is 0 Å². The molecule has 0 bridgehead atoms. The van der Waals surface area contributed by atoms with Gasteiger partial charge in [0.1, 0.15) is 0 Å². The van der Waals surface area contributed by atoms with Crippen LogP contribution in [0.1, 0.15) is 51.1 Å². The first-order valence-corrected chi connectivity index (χ1v) is 7.75. The highest BCUT2D eigenvalue weighted by atomic mass is 15.2. The SMILES string of the molecule is CCCC(CCC)C(NN)c1cccc2ccccc12. The van der Waals surface area contributed by atoms with Crippen LogP contribution in [0, 0.1) is 5.92 Å². The van der Waals surface area contributed by atoms with Crippen molar-refractivity contribution in [3.8, 4) is 0 Å². The zero-order valence-corrected chi connectivity index (χ0v) is 12.6. The minimum Gasteiger partial charge on any atom is -0.271 e. The molecule has 20 heavy (non-hydrogen) atoms. The van der Waals surface area contributed by atoms with Crippen molar-refractivity contribution in [1.82, 2.24) is 5.43 Å². The summed E-state index contributed by atoms with van der Waals surface area (Å²) in [5.41, 5.74) is 4.41. The molecule has 2 rings (SSSR count). The second-order valence-corrected chi connectivity index (χ2v) is 5.55. The van der Waals surface area contributed by atoms with Crippen LogP contribution in [0.2, 0.25) is 0 Å². The standard InChI is InChI=1S/C18H26N2/c1-3-8-15(9-4-2)18(20-19)17-13-7-11-14-10-5-6-12-16(14)17/h5-7,10-13,15,18,20H,3-4,8-9,19H2,1-2H3. The minimum absolute atomic E-state index is 0.237. The molecule has 1 atom stereocenters. The third kappa shape index (κ3) is 3.20. The normalized spacial score (nSPS) is 13.0. The smallest absolute Gasteiger partial charge is 0.0494 e. The molecule has 0 heterocycles. The molecule has 2 aromatic rings. The predicted octanol–water partition coefficient (Wildman–Crippen LogP) is 4.56. The minimum atomic E-state index is 0.237. The van der Waals surface area contributed by atoms with E-state index in [1.807, 2.05) is 0 Å². The van der Waals surface area contributed by atoms with E-state index in [0.29, 0.717) is 5.92 Å². The van der Waals surface area contributed by atoms with Crippen LogP contribution in [0.3, 0.4) is 0 Å². The van der Waals surface area contributed by atoms with Crippen molar-refractivity contribution in [2.45, 2.75) is 45.6 Å². The number of nitrogens with two attached hydrogens (primary N) is 1. The molecule has 2 nitrogen and oxygen atoms in total. The van der Waals surface area contributed by atoms with E-state index in [-0.39, 0.29) is 6.04 Å². The van der Waals surface area contributed by atoms with E-state index in [1.165, 1.54) is 42.0 Å². The molecular formula is C18H26N2. The summed E-state index contributed by atoms with van der Waals surface area (Å²) in [5, 5.41) is 2.60. The van der Waals surface area contributed by atoms with Crippen molar-refractivity contribution < 1.29 is 0 Å². The zero-order valence-electron chi connectivity index (χ0n) is 12.6. The Kier molecular flexibility index (Phi) is 5.57. The van der Waals surface area contributed by atoms with Crippen molar-refractivity contribution in [3.05, 3.63) is 48.0 Å². The summed E-state index contributed by atoms with van der Waals surface area (Å²) in [7, 11) is 0. The van der Waals surface area contributed by atoms with Gasteiger partial charge in [-0.15, -0.1) is 0 Å². The Morgan fingerprint density at radius 2 is 1.60 bits per heavy atom. The summed E-state index contributed by atoms with van der Waals surface area (Å²) in [6.45, 7) is 4.50. The number of hydrogen-bond acceptors (Lipinski definition) is 2. The van der Waals surface area contributed by atoms with Gasteiger partial charge in [0.05, 0.1) is 0 Å². The first kappa shape index (κ1) is 15.0. The van der Waals surface area contributed by atoms with Gasteiger partial charge in [-0.05, 0) is 35.1 Å². The Morgan fingerprint density at radius 1 is 0.950 bits per heavy atom. The highest BCUT2D eigenvalue weighted by molar-refractivity contribution is 5.86. The fourth-order valence-electron chi connectivity index (χ4n) is 3.22. The van der Waals surface area contributed by atoms with Crippen molar-refractivity contribution >= 4 is 10.8 Å². The molecule has 1 unspecified atom stereocenters. The monoisotopic (exact) mass is 270 g/mol. The van der Waals surface area contributed by atoms with Gasteiger partial charge in [0.2, 0.25) is 0 Å². The van der Waals surface area contributed by atoms with Crippen LogP contribution in [-0.2, 0) is 0 Å². The maximum absolute atomic E-state index is 5.91. The predicted molar refractivity (Wildman–Crippen MR) is 87.3 cm³/mol. The largest absolute Gasteiger partial charge is 0.271 e. The van der Waals surface area contributed by atoms with Gasteiger partial charge in [-0.2, -0.15) is 0 Å². The van der Waals surface area contributed by atoms with Crippen molar-refractivity contribution in [2.24, 2.45) is 11.8 Å². The van der Waals surface area contributed by atoms with Gasteiger partial charge >= 0.3 is 0 Å². The zero-order chi connectivity index (χ0) is 14.4. The first-order valence-electron chi connectivity index (χ1n) is 7.75. The molecule has 0 radical (unpaired) electrons. The molecular weight excluding hydrogens is 244 g/mol. The Balaban J connectivity index is 2.42. The summed E-state index contributed by atoms with van der Waals surface area (Å²) in [6.07, 6.45) is 4.83. The Bertz CT molecular complexity index is 524. The van der Waals surface area contributed by atoms with E-state index in [2.05, 4.69) is 61.7 Å². The maximum atomic E-state index is 5.91. The van der Waals surface area contributed by atoms with Gasteiger partial charge in [-0.25, -0.2) is 0 Å². The lowest BCUT2D eigenvalue weighted by molar-refractivity contribution is 0.321. The first-order chi connectivity index (χ1) is 9.81. The van der Waals surface area contributed by atoms with Crippen LogP contribution < -0.4 is 11.3 Å². The van der Waals surface area contributed by atoms with Crippen LogP contribution >= 0.6 is 0 Å². The average Bonchev–Trinajstić information content (AvgIpc) is 2.49. The Labute approximate surface area is 122 Å². The molecule has 108 valence electrons. The molecule has 0 spiro atoms. The van der Waals surface area contributed by atoms with Crippen molar-refractivity contribution in [3.63, 3.8) is 0 Å². The molecule has 2 heteroatoms. The number of hydrazine groups is 1. The molecule has 3 N–H and O–H groups in total. The van der Waals surface area contributed by atoms with E-state index in [4.69, 9.17) is 5.84 Å². The van der Waals surface area contributed by atoms with Gasteiger partial charge in [-0.3, -0.25) is 11.3 Å². The Hall–Kier alpha value is -1.38. The average molecular weight is 270 g/mol. The van der Waals surface area contributed by atoms with Gasteiger partial charge in [0.15, 0.2) is 0 Å². The van der Waals surface area contributed by atoms with Crippen molar-refractivity contribution in [1.29, 1.82) is 0 Å². The number of fused-ring (bicyclic) bond motifs is 1. The third-order valence-electron chi connectivity index (χ3n) is 4.13. The van der Waals surface area contributed by atoms with Crippen molar-refractivity contribution in [2.75, 3.05) is 0 Å². The lowest BCUT2D eigenvalue weighted by atomic mass is 9.84. The summed E-state index contributed by atoms with van der Waals surface area (Å²) < 4.78 is 0. The molecule has 0 saturated heterocycles. The number of rotatable bonds is 7. The van der Waals surface area contributed by atoms with E-state index in [9.17, 15) is 0 Å². The molecule has 0 aliphatic rings. The van der Waals surface area contributed by atoms with E-state index < -0.39 is 0 Å². The van der Waals surface area contributed by atoms with Crippen LogP contribution in [0.25, 0.3) is 10.8 Å². The lowest BCUT2D eigenvalue weighted by Crippen LogP contribution is -2.33. The van der Waals surface area contributed by atoms with Gasteiger partial charge in [0.25, 0.3) is 0 Å².